The number of benzene rings is 1. The van der Waals surface area contributed by atoms with Gasteiger partial charge in [-0.15, -0.1) is 0 Å². The van der Waals surface area contributed by atoms with Crippen LogP contribution in [0.3, 0.4) is 0 Å². The van der Waals surface area contributed by atoms with Gasteiger partial charge in [-0.2, -0.15) is 0 Å². The maximum absolute atomic E-state index is 12.1. The maximum atomic E-state index is 12.1. The van der Waals surface area contributed by atoms with Crippen LogP contribution in [-0.4, -0.2) is 61.3 Å². The Morgan fingerprint density at radius 2 is 1.54 bits per heavy atom. The number of rotatable bonds is 6. The monoisotopic (exact) mass is 702 g/mol. The summed E-state index contributed by atoms with van der Waals surface area (Å²) in [6, 6.07) is 6.04. The fraction of sp³-hybridized carbons (Fsp3) is 0.192. The molecule has 15 heteroatoms. The first-order valence-electron chi connectivity index (χ1n) is 12.3. The lowest BCUT2D eigenvalue weighted by molar-refractivity contribution is 0.0510. The van der Waals surface area contributed by atoms with Gasteiger partial charge in [-0.05, 0) is 69.0 Å². The number of nitrogens with zero attached hydrogens (tertiary/aromatic N) is 5. The zero-order valence-electron chi connectivity index (χ0n) is 21.6. The Balaban J connectivity index is 0.000000182. The van der Waals surface area contributed by atoms with Crippen molar-refractivity contribution < 1.29 is 19.1 Å². The number of fused-ring (bicyclic) bond motifs is 3. The van der Waals surface area contributed by atoms with E-state index in [0.717, 1.165) is 17.8 Å². The first-order chi connectivity index (χ1) is 19.8. The minimum Gasteiger partial charge on any atom is -0.461 e. The van der Waals surface area contributed by atoms with Gasteiger partial charge in [0, 0.05) is 11.9 Å². The van der Waals surface area contributed by atoms with E-state index in [9.17, 15) is 9.59 Å². The fourth-order valence-electron chi connectivity index (χ4n) is 4.04. The molecule has 0 fully saturated rings. The standard InChI is InChI=1S/C17H14BrN5O2.C9H7BrClN3O2/c1-2-25-17(24)14-13(18)12-15(20-8-21-16(12)23-14)22-11-4-3-9-6-19-7-10(9)5-11;1-2-16-9(15)6-5(10)4-7(11)12-3-13-8(4)14-6/h3-5,7-8H,2,6H2,1H3,(H2,20,21,22,23);3H,2H2,1H3,(H,12,13,14). The van der Waals surface area contributed by atoms with Gasteiger partial charge >= 0.3 is 11.9 Å². The van der Waals surface area contributed by atoms with E-state index in [1.54, 1.807) is 13.8 Å². The van der Waals surface area contributed by atoms with Gasteiger partial charge in [0.15, 0.2) is 0 Å². The Labute approximate surface area is 254 Å². The molecule has 0 aliphatic carbocycles. The number of hydrogen-bond acceptors (Lipinski definition) is 10. The fourth-order valence-corrected chi connectivity index (χ4v) is 5.65. The van der Waals surface area contributed by atoms with Crippen LogP contribution in [-0.2, 0) is 16.0 Å². The largest absolute Gasteiger partial charge is 0.461 e. The summed E-state index contributed by atoms with van der Waals surface area (Å²) in [6.07, 6.45) is 4.63. The van der Waals surface area contributed by atoms with Gasteiger partial charge in [0.25, 0.3) is 0 Å². The second-order valence-electron chi connectivity index (χ2n) is 8.41. The van der Waals surface area contributed by atoms with Crippen LogP contribution >= 0.6 is 43.5 Å². The minimum atomic E-state index is -0.455. The predicted molar refractivity (Wildman–Crippen MR) is 161 cm³/mol. The van der Waals surface area contributed by atoms with Crippen LogP contribution in [0.4, 0.5) is 11.5 Å². The van der Waals surface area contributed by atoms with Crippen LogP contribution in [0.15, 0.2) is 44.8 Å². The zero-order chi connectivity index (χ0) is 29.1. The molecule has 5 aromatic rings. The molecule has 0 saturated carbocycles. The van der Waals surface area contributed by atoms with Gasteiger partial charge in [0.1, 0.15) is 46.3 Å². The third-order valence-corrected chi connectivity index (χ3v) is 7.75. The normalized spacial score (nSPS) is 11.7. The summed E-state index contributed by atoms with van der Waals surface area (Å²) in [6.45, 7) is 4.83. The van der Waals surface area contributed by atoms with Gasteiger partial charge in [0.2, 0.25) is 0 Å². The molecule has 1 aliphatic rings. The molecule has 3 N–H and O–H groups in total. The molecule has 1 aromatic carbocycles. The third-order valence-electron chi connectivity index (χ3n) is 5.87. The third kappa shape index (κ3) is 5.80. The summed E-state index contributed by atoms with van der Waals surface area (Å²) in [4.78, 5) is 50.0. The molecule has 41 heavy (non-hydrogen) atoms. The average molecular weight is 705 g/mol. The Morgan fingerprint density at radius 1 is 0.927 bits per heavy atom. The summed E-state index contributed by atoms with van der Waals surface area (Å²) in [5, 5.41) is 4.84. The summed E-state index contributed by atoms with van der Waals surface area (Å²) in [5.74, 6) is -0.297. The number of H-pyrrole nitrogens is 2. The van der Waals surface area contributed by atoms with Crippen molar-refractivity contribution in [1.29, 1.82) is 0 Å². The highest BCUT2D eigenvalue weighted by molar-refractivity contribution is 9.11. The van der Waals surface area contributed by atoms with Crippen molar-refractivity contribution in [3.8, 4) is 0 Å². The van der Waals surface area contributed by atoms with Crippen LogP contribution in [0, 0.1) is 0 Å². The highest BCUT2D eigenvalue weighted by atomic mass is 79.9. The smallest absolute Gasteiger partial charge is 0.355 e. The van der Waals surface area contributed by atoms with Crippen molar-refractivity contribution in [2.45, 2.75) is 20.4 Å². The molecule has 1 aliphatic heterocycles. The predicted octanol–water partition coefficient (Wildman–Crippen LogP) is 6.12. The first kappa shape index (κ1) is 28.6. The number of ether oxygens (including phenoxy) is 2. The average Bonchev–Trinajstić information content (AvgIpc) is 3.66. The first-order valence-corrected chi connectivity index (χ1v) is 14.2. The van der Waals surface area contributed by atoms with Crippen molar-refractivity contribution in [2.24, 2.45) is 4.99 Å². The quantitative estimate of drug-likeness (QED) is 0.140. The second kappa shape index (κ2) is 12.3. The van der Waals surface area contributed by atoms with E-state index in [1.807, 2.05) is 24.4 Å². The SMILES string of the molecule is CCOC(=O)c1[nH]c2ncnc(Cl)c2c1Br.CCOC(=O)c1[nH]c2ncnc(Nc3ccc4c(c3)C=NC4)c2c1Br. The molecule has 0 saturated heterocycles. The molecule has 0 spiro atoms. The Morgan fingerprint density at radius 3 is 2.17 bits per heavy atom. The number of carbonyl (C=O) groups is 2. The molecule has 12 nitrogen and oxygen atoms in total. The van der Waals surface area contributed by atoms with E-state index in [1.165, 1.54) is 18.2 Å². The molecule has 6 rings (SSSR count). The van der Waals surface area contributed by atoms with Gasteiger partial charge in [-0.3, -0.25) is 4.99 Å². The van der Waals surface area contributed by atoms with Gasteiger partial charge in [-0.1, -0.05) is 17.7 Å². The Kier molecular flexibility index (Phi) is 8.61. The lowest BCUT2D eigenvalue weighted by Gasteiger charge is -2.08. The Hall–Kier alpha value is -3.88. The zero-order valence-corrected chi connectivity index (χ0v) is 25.5. The van der Waals surface area contributed by atoms with Crippen molar-refractivity contribution in [3.05, 3.63) is 67.5 Å². The van der Waals surface area contributed by atoms with Crippen molar-refractivity contribution in [2.75, 3.05) is 18.5 Å². The number of hydrogen-bond donors (Lipinski definition) is 3. The van der Waals surface area contributed by atoms with E-state index in [4.69, 9.17) is 21.1 Å². The summed E-state index contributed by atoms with van der Waals surface area (Å²) in [7, 11) is 0. The highest BCUT2D eigenvalue weighted by Gasteiger charge is 2.22. The number of aliphatic imine (C=N–C) groups is 1. The van der Waals surface area contributed by atoms with E-state index in [-0.39, 0.29) is 5.15 Å². The molecule has 0 atom stereocenters. The molecule has 0 unspecified atom stereocenters. The molecular weight excluding hydrogens is 684 g/mol. The van der Waals surface area contributed by atoms with Crippen LogP contribution in [0.1, 0.15) is 46.0 Å². The van der Waals surface area contributed by atoms with Gasteiger partial charge < -0.3 is 24.8 Å². The number of aromatic nitrogens is 6. The summed E-state index contributed by atoms with van der Waals surface area (Å²) < 4.78 is 11.0. The van der Waals surface area contributed by atoms with Crippen LogP contribution in [0.5, 0.6) is 0 Å². The number of carbonyl (C=O) groups excluding carboxylic acids is 2. The van der Waals surface area contributed by atoms with Gasteiger partial charge in [0.05, 0.1) is 39.5 Å². The number of halogens is 3. The van der Waals surface area contributed by atoms with E-state index >= 15 is 0 Å². The molecule has 210 valence electrons. The summed E-state index contributed by atoms with van der Waals surface area (Å²) in [5.41, 5.74) is 4.84. The van der Waals surface area contributed by atoms with Crippen molar-refractivity contribution in [3.63, 3.8) is 0 Å². The molecule has 4 aromatic heterocycles. The molecule has 0 radical (unpaired) electrons. The molecule has 0 amide bonds. The van der Waals surface area contributed by atoms with Crippen molar-refractivity contribution >= 4 is 95.2 Å². The lowest BCUT2D eigenvalue weighted by Crippen LogP contribution is -2.05. The lowest BCUT2D eigenvalue weighted by atomic mass is 10.1. The number of nitrogens with one attached hydrogen (secondary N) is 3. The highest BCUT2D eigenvalue weighted by Crippen LogP contribution is 2.34. The maximum Gasteiger partial charge on any atom is 0.355 e. The minimum absolute atomic E-state index is 0.281. The van der Waals surface area contributed by atoms with E-state index in [0.29, 0.717) is 61.4 Å². The topological polar surface area (TPSA) is 160 Å². The van der Waals surface area contributed by atoms with Crippen LogP contribution in [0.2, 0.25) is 5.15 Å². The Bertz CT molecular complexity index is 1820. The molecule has 0 bridgehead atoms. The number of aromatic amines is 2. The second-order valence-corrected chi connectivity index (χ2v) is 10.4. The van der Waals surface area contributed by atoms with E-state index in [2.05, 4.69) is 72.1 Å². The van der Waals surface area contributed by atoms with E-state index < -0.39 is 11.9 Å². The number of anilines is 2. The molecular formula is C26H21Br2ClN8O4. The van der Waals surface area contributed by atoms with Crippen LogP contribution in [0.25, 0.3) is 22.1 Å². The van der Waals surface area contributed by atoms with Gasteiger partial charge in [-0.25, -0.2) is 29.5 Å². The van der Waals surface area contributed by atoms with Crippen LogP contribution < -0.4 is 5.32 Å². The summed E-state index contributed by atoms with van der Waals surface area (Å²) >= 11 is 12.6. The number of esters is 2. The van der Waals surface area contributed by atoms with Crippen molar-refractivity contribution in [1.82, 2.24) is 29.9 Å². The molecule has 5 heterocycles.